The van der Waals surface area contributed by atoms with Gasteiger partial charge in [0.2, 0.25) is 0 Å². The summed E-state index contributed by atoms with van der Waals surface area (Å²) in [7, 11) is 0. The lowest BCUT2D eigenvalue weighted by Crippen LogP contribution is -2.56. The molecule has 1 fully saturated rings. The number of carbonyl (C=O) groups is 2. The van der Waals surface area contributed by atoms with Crippen molar-refractivity contribution in [3.63, 3.8) is 0 Å². The summed E-state index contributed by atoms with van der Waals surface area (Å²) < 4.78 is 0. The molecular weight excluding hydrogens is 220 g/mol. The first kappa shape index (κ1) is 13.8. The molecule has 3 unspecified atom stereocenters. The molecule has 0 aromatic rings. The predicted octanol–water partition coefficient (Wildman–Crippen LogP) is 1.73. The Labute approximate surface area is 102 Å². The standard InChI is InChI=1S/C12H22N2O3/c1-4-12(3,10(15)16)14-11(17)13-9-6-5-8(2)7-9/h8-9H,4-7H2,1-3H3,(H,15,16)(H2,13,14,17). The van der Waals surface area contributed by atoms with Gasteiger partial charge in [0.05, 0.1) is 0 Å². The zero-order valence-electron chi connectivity index (χ0n) is 10.7. The first-order valence-corrected chi connectivity index (χ1v) is 6.19. The van der Waals surface area contributed by atoms with Gasteiger partial charge in [-0.05, 0) is 38.5 Å². The molecular formula is C12H22N2O3. The minimum Gasteiger partial charge on any atom is -0.480 e. The SMILES string of the molecule is CCC(C)(NC(=O)NC1CCC(C)C1)C(=O)O. The molecule has 1 saturated carbocycles. The quantitative estimate of drug-likeness (QED) is 0.702. The molecule has 1 aliphatic rings. The van der Waals surface area contributed by atoms with Gasteiger partial charge in [0, 0.05) is 6.04 Å². The first-order valence-electron chi connectivity index (χ1n) is 6.19. The van der Waals surface area contributed by atoms with Gasteiger partial charge in [0.15, 0.2) is 0 Å². The minimum absolute atomic E-state index is 0.180. The Bertz CT molecular complexity index is 306. The highest BCUT2D eigenvalue weighted by Gasteiger charge is 2.33. The molecule has 0 saturated heterocycles. The maximum Gasteiger partial charge on any atom is 0.329 e. The van der Waals surface area contributed by atoms with E-state index in [9.17, 15) is 9.59 Å². The highest BCUT2D eigenvalue weighted by atomic mass is 16.4. The van der Waals surface area contributed by atoms with Gasteiger partial charge in [-0.15, -0.1) is 0 Å². The Morgan fingerprint density at radius 3 is 2.47 bits per heavy atom. The number of carboxylic acids is 1. The van der Waals surface area contributed by atoms with Crippen LogP contribution in [0.5, 0.6) is 0 Å². The van der Waals surface area contributed by atoms with E-state index in [1.165, 1.54) is 6.92 Å². The topological polar surface area (TPSA) is 78.4 Å². The highest BCUT2D eigenvalue weighted by Crippen LogP contribution is 2.24. The lowest BCUT2D eigenvalue weighted by molar-refractivity contribution is -0.143. The summed E-state index contributed by atoms with van der Waals surface area (Å²) in [6.07, 6.45) is 3.43. The van der Waals surface area contributed by atoms with E-state index in [1.54, 1.807) is 6.92 Å². The molecule has 1 aliphatic carbocycles. The van der Waals surface area contributed by atoms with Crippen LogP contribution in [0.3, 0.4) is 0 Å². The van der Waals surface area contributed by atoms with E-state index in [2.05, 4.69) is 17.6 Å². The number of hydrogen-bond acceptors (Lipinski definition) is 2. The molecule has 0 aromatic carbocycles. The van der Waals surface area contributed by atoms with Crippen LogP contribution < -0.4 is 10.6 Å². The minimum atomic E-state index is -1.19. The van der Waals surface area contributed by atoms with Gasteiger partial charge < -0.3 is 15.7 Å². The summed E-state index contributed by atoms with van der Waals surface area (Å²) >= 11 is 0. The lowest BCUT2D eigenvalue weighted by atomic mass is 10.00. The fourth-order valence-corrected chi connectivity index (χ4v) is 2.10. The third-order valence-electron chi connectivity index (χ3n) is 3.60. The van der Waals surface area contributed by atoms with Crippen molar-refractivity contribution >= 4 is 12.0 Å². The molecule has 2 amide bonds. The van der Waals surface area contributed by atoms with Crippen molar-refractivity contribution in [2.45, 2.75) is 58.0 Å². The third-order valence-corrected chi connectivity index (χ3v) is 3.60. The number of rotatable bonds is 4. The van der Waals surface area contributed by atoms with Gasteiger partial charge in [0.1, 0.15) is 5.54 Å². The largest absolute Gasteiger partial charge is 0.480 e. The lowest BCUT2D eigenvalue weighted by Gasteiger charge is -2.25. The number of aliphatic carboxylic acids is 1. The van der Waals surface area contributed by atoms with Gasteiger partial charge in [-0.3, -0.25) is 0 Å². The summed E-state index contributed by atoms with van der Waals surface area (Å²) in [6, 6.07) is -0.198. The molecule has 0 aliphatic heterocycles. The Morgan fingerprint density at radius 2 is 2.06 bits per heavy atom. The average molecular weight is 242 g/mol. The number of carboxylic acid groups (broad SMARTS) is 1. The zero-order chi connectivity index (χ0) is 13.1. The smallest absolute Gasteiger partial charge is 0.329 e. The summed E-state index contributed by atoms with van der Waals surface area (Å²) in [5.41, 5.74) is -1.19. The maximum atomic E-state index is 11.7. The van der Waals surface area contributed by atoms with Gasteiger partial charge in [0.25, 0.3) is 0 Å². The van der Waals surface area contributed by atoms with Crippen LogP contribution in [0.4, 0.5) is 4.79 Å². The second-order valence-corrected chi connectivity index (χ2v) is 5.20. The van der Waals surface area contributed by atoms with Crippen LogP contribution in [-0.2, 0) is 4.79 Å². The van der Waals surface area contributed by atoms with Gasteiger partial charge in [-0.2, -0.15) is 0 Å². The normalized spacial score (nSPS) is 27.2. The number of amides is 2. The molecule has 5 heteroatoms. The Hall–Kier alpha value is -1.26. The second kappa shape index (κ2) is 5.38. The molecule has 0 spiro atoms. The third kappa shape index (κ3) is 3.61. The van der Waals surface area contributed by atoms with E-state index in [0.29, 0.717) is 12.3 Å². The molecule has 1 rings (SSSR count). The molecule has 17 heavy (non-hydrogen) atoms. The van der Waals surface area contributed by atoms with Crippen LogP contribution in [0.2, 0.25) is 0 Å². The zero-order valence-corrected chi connectivity index (χ0v) is 10.7. The van der Waals surface area contributed by atoms with E-state index in [0.717, 1.165) is 19.3 Å². The van der Waals surface area contributed by atoms with E-state index < -0.39 is 11.5 Å². The molecule has 0 aromatic heterocycles. The van der Waals surface area contributed by atoms with Crippen molar-refractivity contribution in [1.29, 1.82) is 0 Å². The first-order chi connectivity index (χ1) is 7.87. The fourth-order valence-electron chi connectivity index (χ4n) is 2.10. The van der Waals surface area contributed by atoms with Crippen molar-refractivity contribution in [3.05, 3.63) is 0 Å². The number of urea groups is 1. The second-order valence-electron chi connectivity index (χ2n) is 5.20. The van der Waals surface area contributed by atoms with E-state index in [4.69, 9.17) is 5.11 Å². The Kier molecular flexibility index (Phi) is 4.37. The molecule has 0 heterocycles. The van der Waals surface area contributed by atoms with E-state index in [-0.39, 0.29) is 12.1 Å². The highest BCUT2D eigenvalue weighted by molar-refractivity contribution is 5.85. The van der Waals surface area contributed by atoms with Crippen LogP contribution in [0, 0.1) is 5.92 Å². The summed E-state index contributed by atoms with van der Waals surface area (Å²) in [5.74, 6) is -0.368. The van der Waals surface area contributed by atoms with E-state index >= 15 is 0 Å². The van der Waals surface area contributed by atoms with Crippen molar-refractivity contribution in [2.75, 3.05) is 0 Å². The van der Waals surface area contributed by atoms with Gasteiger partial charge in [-0.1, -0.05) is 13.8 Å². The van der Waals surface area contributed by atoms with Crippen LogP contribution in [-0.4, -0.2) is 28.7 Å². The van der Waals surface area contributed by atoms with Crippen molar-refractivity contribution < 1.29 is 14.7 Å². The van der Waals surface area contributed by atoms with E-state index in [1.807, 2.05) is 0 Å². The predicted molar refractivity (Wildman–Crippen MR) is 64.8 cm³/mol. The van der Waals surface area contributed by atoms with Crippen molar-refractivity contribution in [3.8, 4) is 0 Å². The van der Waals surface area contributed by atoms with Crippen LogP contribution in [0.15, 0.2) is 0 Å². The average Bonchev–Trinajstić information content (AvgIpc) is 2.63. The Balaban J connectivity index is 2.46. The van der Waals surface area contributed by atoms with Crippen molar-refractivity contribution in [1.82, 2.24) is 10.6 Å². The molecule has 5 nitrogen and oxygen atoms in total. The molecule has 3 atom stereocenters. The van der Waals surface area contributed by atoms with Crippen LogP contribution in [0.1, 0.15) is 46.5 Å². The van der Waals surface area contributed by atoms with Crippen LogP contribution in [0.25, 0.3) is 0 Å². The monoisotopic (exact) mass is 242 g/mol. The number of nitrogens with one attached hydrogen (secondary N) is 2. The summed E-state index contributed by atoms with van der Waals surface area (Å²) in [5, 5.41) is 14.4. The molecule has 0 bridgehead atoms. The molecule has 98 valence electrons. The fraction of sp³-hybridized carbons (Fsp3) is 0.833. The number of carbonyl (C=O) groups excluding carboxylic acids is 1. The Morgan fingerprint density at radius 1 is 1.41 bits per heavy atom. The van der Waals surface area contributed by atoms with Crippen molar-refractivity contribution in [2.24, 2.45) is 5.92 Å². The molecule has 3 N–H and O–H groups in total. The number of hydrogen-bond donors (Lipinski definition) is 3. The van der Waals surface area contributed by atoms with Crippen LogP contribution >= 0.6 is 0 Å². The summed E-state index contributed by atoms with van der Waals surface area (Å²) in [4.78, 5) is 22.7. The van der Waals surface area contributed by atoms with Gasteiger partial charge in [-0.25, -0.2) is 9.59 Å². The van der Waals surface area contributed by atoms with Gasteiger partial charge >= 0.3 is 12.0 Å². The summed E-state index contributed by atoms with van der Waals surface area (Å²) in [6.45, 7) is 5.42. The maximum absolute atomic E-state index is 11.7. The molecule has 0 radical (unpaired) electrons.